The smallest absolute Gasteiger partial charge is 0.304 e. The summed E-state index contributed by atoms with van der Waals surface area (Å²) in [6.45, 7) is -2.09. The van der Waals surface area contributed by atoms with Crippen LogP contribution in [-0.4, -0.2) is 23.2 Å². The molecule has 0 saturated carbocycles. The van der Waals surface area contributed by atoms with E-state index >= 15 is 0 Å². The molecule has 0 N–H and O–H groups in total. The number of nitrogens with zero attached hydrogens (tertiary/aromatic N) is 3. The molecule has 3 aromatic heterocycles. The Labute approximate surface area is 308 Å². The average Bonchev–Trinajstić information content (AvgIpc) is 3.80. The van der Waals surface area contributed by atoms with Crippen LogP contribution in [0.3, 0.4) is 0 Å². The second-order valence-electron chi connectivity index (χ2n) is 12.9. The van der Waals surface area contributed by atoms with Gasteiger partial charge in [-0.25, -0.2) is 0 Å². The van der Waals surface area contributed by atoms with Gasteiger partial charge in [0.25, 0.3) is 0 Å². The van der Waals surface area contributed by atoms with Crippen LogP contribution in [0.25, 0.3) is 55.6 Å². The first kappa shape index (κ1) is 29.6. The van der Waals surface area contributed by atoms with E-state index in [9.17, 15) is 5.26 Å². The first-order valence-electron chi connectivity index (χ1n) is 18.1. The van der Waals surface area contributed by atoms with E-state index in [1.807, 2.05) is 48.5 Å². The second kappa shape index (κ2) is 14.3. The number of furan rings is 1. The normalized spacial score (nSPS) is 15.6. The van der Waals surface area contributed by atoms with Gasteiger partial charge in [-0.15, -0.1) is 35.9 Å². The Morgan fingerprint density at radius 1 is 0.796 bits per heavy atom. The zero-order chi connectivity index (χ0) is 35.0. The van der Waals surface area contributed by atoms with Gasteiger partial charge in [-0.1, -0.05) is 18.2 Å². The zero-order valence-electron chi connectivity index (χ0n) is 29.9. The SMILES string of the molecule is N#Cc1cccc(-c2ccc3c(c2)oc2c(-c4cc5[c](cn4)[Ge]4([CH2]CC[CH2]4)[CH2]CC5)[c-]ccc23)c1.[2H]C([2H])([2H])c1ccc(-c2[c-]cccc2)nc1.[Ir]. The molecule has 0 aliphatic carbocycles. The Balaban J connectivity index is 0.000000209. The number of aromatic nitrogens is 2. The molecule has 4 aromatic carbocycles. The predicted octanol–water partition coefficient (Wildman–Crippen LogP) is 10.2. The van der Waals surface area contributed by atoms with Crippen molar-refractivity contribution in [3.8, 4) is 39.7 Å². The fraction of sp³-hybridized carbons (Fsp3) is 0.186. The van der Waals surface area contributed by atoms with E-state index in [0.29, 0.717) is 5.56 Å². The van der Waals surface area contributed by atoms with Crippen LogP contribution in [0.5, 0.6) is 0 Å². The quantitative estimate of drug-likeness (QED) is 0.131. The Hall–Kier alpha value is -4.34. The van der Waals surface area contributed by atoms with Crippen LogP contribution in [0.4, 0.5) is 0 Å². The minimum atomic E-state index is -2.09. The summed E-state index contributed by atoms with van der Waals surface area (Å²) in [4.78, 5) is 9.13. The summed E-state index contributed by atoms with van der Waals surface area (Å²) in [5.41, 5.74) is 9.74. The molecular formula is C43H35GeIrN3O-2. The summed E-state index contributed by atoms with van der Waals surface area (Å²) < 4.78 is 29.8. The van der Waals surface area contributed by atoms with Gasteiger partial charge in [0.2, 0.25) is 0 Å². The molecule has 1 saturated heterocycles. The molecule has 1 spiro atoms. The number of benzene rings is 4. The molecule has 9 rings (SSSR count). The van der Waals surface area contributed by atoms with Gasteiger partial charge in [0, 0.05) is 30.4 Å². The molecule has 0 amide bonds. The van der Waals surface area contributed by atoms with Crippen molar-refractivity contribution in [1.29, 1.82) is 5.26 Å². The molecule has 0 atom stereocenters. The van der Waals surface area contributed by atoms with Gasteiger partial charge in [-0.3, -0.25) is 0 Å². The van der Waals surface area contributed by atoms with E-state index in [0.717, 1.165) is 55.6 Å². The topological polar surface area (TPSA) is 62.7 Å². The van der Waals surface area contributed by atoms with Crippen molar-refractivity contribution < 1.29 is 28.6 Å². The molecule has 0 unspecified atom stereocenters. The third-order valence-corrected chi connectivity index (χ3v) is 21.6. The van der Waals surface area contributed by atoms with E-state index in [-0.39, 0.29) is 25.7 Å². The van der Waals surface area contributed by atoms with Gasteiger partial charge in [-0.05, 0) is 24.2 Å². The molecule has 2 aliphatic heterocycles. The molecule has 0 bridgehead atoms. The molecule has 1 fully saturated rings. The summed E-state index contributed by atoms with van der Waals surface area (Å²) in [6.07, 6.45) is 9.02. The Bertz CT molecular complexity index is 2410. The third kappa shape index (κ3) is 6.54. The molecule has 49 heavy (non-hydrogen) atoms. The minimum Gasteiger partial charge on any atom is -0.304 e. The maximum atomic E-state index is 9.27. The van der Waals surface area contributed by atoms with Gasteiger partial charge >= 0.3 is 179 Å². The molecule has 4 nitrogen and oxygen atoms in total. The molecule has 1 radical (unpaired) electrons. The van der Waals surface area contributed by atoms with E-state index in [1.54, 1.807) is 28.2 Å². The van der Waals surface area contributed by atoms with Crippen LogP contribution >= 0.6 is 0 Å². The second-order valence-corrected chi connectivity index (χ2v) is 22.5. The van der Waals surface area contributed by atoms with Gasteiger partial charge < -0.3 is 4.98 Å². The van der Waals surface area contributed by atoms with Crippen molar-refractivity contribution in [2.24, 2.45) is 0 Å². The summed E-state index contributed by atoms with van der Waals surface area (Å²) in [7, 11) is 0. The van der Waals surface area contributed by atoms with Crippen molar-refractivity contribution in [3.63, 3.8) is 0 Å². The van der Waals surface area contributed by atoms with Crippen LogP contribution in [0, 0.1) is 30.3 Å². The molecule has 5 heterocycles. The number of nitriles is 1. The van der Waals surface area contributed by atoms with Gasteiger partial charge in [0.15, 0.2) is 0 Å². The van der Waals surface area contributed by atoms with Crippen molar-refractivity contribution in [3.05, 3.63) is 138 Å². The average molecular weight is 878 g/mol. The number of fused-ring (bicyclic) bond motifs is 5. The van der Waals surface area contributed by atoms with Crippen molar-refractivity contribution >= 4 is 39.6 Å². The van der Waals surface area contributed by atoms with Crippen LogP contribution in [-0.2, 0) is 26.5 Å². The maximum absolute atomic E-state index is 9.27. The number of pyridine rings is 2. The van der Waals surface area contributed by atoms with E-state index in [1.165, 1.54) is 47.6 Å². The first-order valence-corrected chi connectivity index (χ1v) is 22.1. The first-order chi connectivity index (χ1) is 24.8. The van der Waals surface area contributed by atoms with Crippen LogP contribution in [0.15, 0.2) is 114 Å². The standard InChI is InChI=1S/C31H25GeN2O.C12H10N.Ir/c33-19-21-6-3-7-22(16-21)23-11-12-25-26-9-4-10-27(31(26)35-30(25)18-23)29-17-24-8-5-15-32(13-1-2-14-32)28(24)20-34-29;1-10-7-8-12(13-9-10)11-5-3-2-4-6-11;/h3-4,6-7,9,11-12,16-18,20H,1-2,5,8,13-15H2;2-5,7-9H,1H3;/q2*-1;/i;1D3;. The molecule has 7 aromatic rings. The fourth-order valence-electron chi connectivity index (χ4n) is 7.63. The number of rotatable bonds is 3. The van der Waals surface area contributed by atoms with E-state index in [4.69, 9.17) is 13.5 Å². The van der Waals surface area contributed by atoms with Crippen LogP contribution in [0.2, 0.25) is 15.8 Å². The third-order valence-electron chi connectivity index (χ3n) is 9.99. The van der Waals surface area contributed by atoms with Crippen molar-refractivity contribution in [2.45, 2.75) is 48.3 Å². The number of aryl methyl sites for hydroxylation is 2. The summed E-state index contributed by atoms with van der Waals surface area (Å²) in [5.74, 6) is 0. The van der Waals surface area contributed by atoms with Gasteiger partial charge in [0.05, 0.1) is 11.6 Å². The van der Waals surface area contributed by atoms with Crippen molar-refractivity contribution in [1.82, 2.24) is 9.97 Å². The Morgan fingerprint density at radius 3 is 2.45 bits per heavy atom. The predicted molar refractivity (Wildman–Crippen MR) is 197 cm³/mol. The summed E-state index contributed by atoms with van der Waals surface area (Å²) >= 11 is -1.89. The monoisotopic (exact) mass is 879 g/mol. The number of hydrogen-bond donors (Lipinski definition) is 0. The van der Waals surface area contributed by atoms with Gasteiger partial charge in [-0.2, -0.15) is 5.26 Å². The van der Waals surface area contributed by atoms with Crippen molar-refractivity contribution in [2.75, 3.05) is 0 Å². The zero-order valence-corrected chi connectivity index (χ0v) is 31.4. The van der Waals surface area contributed by atoms with Crippen LogP contribution in [0.1, 0.15) is 40.1 Å². The Morgan fingerprint density at radius 2 is 1.65 bits per heavy atom. The number of hydrogen-bond acceptors (Lipinski definition) is 4. The van der Waals surface area contributed by atoms with E-state index < -0.39 is 20.1 Å². The molecule has 2 aliphatic rings. The van der Waals surface area contributed by atoms with Crippen LogP contribution < -0.4 is 4.40 Å². The fourth-order valence-corrected chi connectivity index (χ4v) is 19.1. The Kier molecular flexibility index (Phi) is 8.60. The van der Waals surface area contributed by atoms with Gasteiger partial charge in [0.1, 0.15) is 0 Å². The summed E-state index contributed by atoms with van der Waals surface area (Å²) in [5, 5.41) is 16.0. The molecule has 243 valence electrons. The molecule has 6 heteroatoms. The molecular weight excluding hydrogens is 839 g/mol. The van der Waals surface area contributed by atoms with E-state index in [2.05, 4.69) is 59.7 Å². The minimum absolute atomic E-state index is 0. The summed E-state index contributed by atoms with van der Waals surface area (Å²) in [6, 6.07) is 39.9.